The highest BCUT2D eigenvalue weighted by atomic mass is 16.5. The second kappa shape index (κ2) is 5.85. The Hall–Kier alpha value is -2.58. The smallest absolute Gasteiger partial charge is 0.258 e. The van der Waals surface area contributed by atoms with Crippen molar-refractivity contribution >= 4 is 11.8 Å². The SMILES string of the molecule is Cc1cc(NC(=O)c2ccc(C#CCO)cc2)on1. The molecule has 5 nitrogen and oxygen atoms in total. The van der Waals surface area contributed by atoms with E-state index in [4.69, 9.17) is 9.63 Å². The van der Waals surface area contributed by atoms with Crippen LogP contribution in [0.25, 0.3) is 0 Å². The second-order valence-electron chi connectivity index (χ2n) is 3.82. The van der Waals surface area contributed by atoms with Crippen molar-refractivity contribution in [2.75, 3.05) is 11.9 Å². The van der Waals surface area contributed by atoms with E-state index in [0.29, 0.717) is 17.1 Å². The summed E-state index contributed by atoms with van der Waals surface area (Å²) in [5.74, 6) is 5.32. The Morgan fingerprint density at radius 1 is 1.42 bits per heavy atom. The molecule has 1 aromatic carbocycles. The van der Waals surface area contributed by atoms with E-state index in [1.807, 2.05) is 0 Å². The predicted molar refractivity (Wildman–Crippen MR) is 69.6 cm³/mol. The normalized spacial score (nSPS) is 9.58. The van der Waals surface area contributed by atoms with Gasteiger partial charge in [-0.1, -0.05) is 17.0 Å². The van der Waals surface area contributed by atoms with E-state index in [2.05, 4.69) is 22.3 Å². The second-order valence-corrected chi connectivity index (χ2v) is 3.82. The first-order valence-corrected chi connectivity index (χ1v) is 5.63. The molecule has 0 fully saturated rings. The van der Waals surface area contributed by atoms with Gasteiger partial charge in [-0.05, 0) is 31.2 Å². The molecular weight excluding hydrogens is 244 g/mol. The minimum absolute atomic E-state index is 0.187. The third kappa shape index (κ3) is 3.44. The molecule has 0 bridgehead atoms. The molecular formula is C14H12N2O3. The maximum atomic E-state index is 11.9. The Balaban J connectivity index is 2.07. The number of amides is 1. The summed E-state index contributed by atoms with van der Waals surface area (Å²) < 4.78 is 4.90. The number of hydrogen-bond donors (Lipinski definition) is 2. The van der Waals surface area contributed by atoms with E-state index >= 15 is 0 Å². The topological polar surface area (TPSA) is 75.4 Å². The van der Waals surface area contributed by atoms with Gasteiger partial charge < -0.3 is 9.63 Å². The van der Waals surface area contributed by atoms with E-state index < -0.39 is 0 Å². The number of aliphatic hydroxyl groups excluding tert-OH is 1. The largest absolute Gasteiger partial charge is 0.384 e. The fraction of sp³-hybridized carbons (Fsp3) is 0.143. The molecule has 1 aromatic heterocycles. The molecule has 0 saturated carbocycles. The zero-order valence-electron chi connectivity index (χ0n) is 10.3. The van der Waals surface area contributed by atoms with E-state index in [1.165, 1.54) is 0 Å². The van der Waals surface area contributed by atoms with Crippen molar-refractivity contribution in [3.63, 3.8) is 0 Å². The van der Waals surface area contributed by atoms with Crippen LogP contribution in [-0.4, -0.2) is 22.8 Å². The fourth-order valence-corrected chi connectivity index (χ4v) is 1.45. The van der Waals surface area contributed by atoms with E-state index in [1.54, 1.807) is 37.3 Å². The lowest BCUT2D eigenvalue weighted by Gasteiger charge is -2.00. The maximum Gasteiger partial charge on any atom is 0.258 e. The van der Waals surface area contributed by atoms with Crippen molar-refractivity contribution in [1.82, 2.24) is 5.16 Å². The third-order valence-corrected chi connectivity index (χ3v) is 2.32. The van der Waals surface area contributed by atoms with Crippen LogP contribution in [0.1, 0.15) is 21.6 Å². The Bertz CT molecular complexity index is 633. The summed E-state index contributed by atoms with van der Waals surface area (Å²) in [6.07, 6.45) is 0. The van der Waals surface area contributed by atoms with Crippen LogP contribution in [0.5, 0.6) is 0 Å². The summed E-state index contributed by atoms with van der Waals surface area (Å²) >= 11 is 0. The van der Waals surface area contributed by atoms with Crippen molar-refractivity contribution in [2.24, 2.45) is 0 Å². The average Bonchev–Trinajstić information content (AvgIpc) is 2.82. The molecule has 0 aliphatic heterocycles. The van der Waals surface area contributed by atoms with Crippen LogP contribution in [0.15, 0.2) is 34.9 Å². The lowest BCUT2D eigenvalue weighted by Crippen LogP contribution is -2.11. The summed E-state index contributed by atoms with van der Waals surface area (Å²) in [6, 6.07) is 8.37. The Morgan fingerprint density at radius 3 is 2.74 bits per heavy atom. The molecule has 19 heavy (non-hydrogen) atoms. The van der Waals surface area contributed by atoms with Crippen LogP contribution in [0.3, 0.4) is 0 Å². The predicted octanol–water partition coefficient (Wildman–Crippen LogP) is 1.58. The summed E-state index contributed by atoms with van der Waals surface area (Å²) in [5, 5.41) is 14.9. The lowest BCUT2D eigenvalue weighted by atomic mass is 10.1. The summed E-state index contributed by atoms with van der Waals surface area (Å²) in [6.45, 7) is 1.58. The van der Waals surface area contributed by atoms with Gasteiger partial charge in [-0.3, -0.25) is 10.1 Å². The number of aryl methyl sites for hydroxylation is 1. The van der Waals surface area contributed by atoms with Gasteiger partial charge in [0.2, 0.25) is 5.88 Å². The Kier molecular flexibility index (Phi) is 3.96. The molecule has 0 unspecified atom stereocenters. The fourth-order valence-electron chi connectivity index (χ4n) is 1.45. The van der Waals surface area contributed by atoms with E-state index in [-0.39, 0.29) is 12.5 Å². The molecule has 5 heteroatoms. The minimum atomic E-state index is -0.280. The number of aromatic nitrogens is 1. The highest BCUT2D eigenvalue weighted by molar-refractivity contribution is 6.03. The first kappa shape index (κ1) is 12.9. The van der Waals surface area contributed by atoms with Gasteiger partial charge in [0.05, 0.1) is 5.69 Å². The number of anilines is 1. The first-order valence-electron chi connectivity index (χ1n) is 5.63. The number of nitrogens with one attached hydrogen (secondary N) is 1. The number of carbonyl (C=O) groups is 1. The molecule has 2 aromatic rings. The number of nitrogens with zero attached hydrogens (tertiary/aromatic N) is 1. The van der Waals surface area contributed by atoms with Crippen LogP contribution >= 0.6 is 0 Å². The molecule has 0 radical (unpaired) electrons. The van der Waals surface area contributed by atoms with Crippen LogP contribution in [0, 0.1) is 18.8 Å². The van der Waals surface area contributed by atoms with Crippen molar-refractivity contribution in [3.8, 4) is 11.8 Å². The highest BCUT2D eigenvalue weighted by Gasteiger charge is 2.08. The standard InChI is InChI=1S/C14H12N2O3/c1-10-9-13(19-16-10)15-14(18)12-6-4-11(5-7-12)3-2-8-17/h4-7,9,17H,8H2,1H3,(H,15,18). The molecule has 0 aliphatic carbocycles. The number of carbonyl (C=O) groups excluding carboxylic acids is 1. The molecule has 96 valence electrons. The molecule has 0 saturated heterocycles. The lowest BCUT2D eigenvalue weighted by molar-refractivity contribution is 0.102. The molecule has 2 rings (SSSR count). The number of hydrogen-bond acceptors (Lipinski definition) is 4. The van der Waals surface area contributed by atoms with Crippen LogP contribution in [-0.2, 0) is 0 Å². The van der Waals surface area contributed by atoms with Gasteiger partial charge in [0, 0.05) is 17.2 Å². The molecule has 0 aliphatic rings. The minimum Gasteiger partial charge on any atom is -0.384 e. The molecule has 2 N–H and O–H groups in total. The van der Waals surface area contributed by atoms with Gasteiger partial charge in [0.1, 0.15) is 6.61 Å². The van der Waals surface area contributed by atoms with Gasteiger partial charge in [0.25, 0.3) is 5.91 Å². The quantitative estimate of drug-likeness (QED) is 0.800. The Labute approximate surface area is 110 Å². The maximum absolute atomic E-state index is 11.9. The third-order valence-electron chi connectivity index (χ3n) is 2.32. The van der Waals surface area contributed by atoms with E-state index in [9.17, 15) is 4.79 Å². The van der Waals surface area contributed by atoms with Crippen LogP contribution in [0.4, 0.5) is 5.88 Å². The molecule has 1 amide bonds. The van der Waals surface area contributed by atoms with Crippen molar-refractivity contribution in [3.05, 3.63) is 47.2 Å². The zero-order chi connectivity index (χ0) is 13.7. The van der Waals surface area contributed by atoms with E-state index in [0.717, 1.165) is 5.56 Å². The average molecular weight is 256 g/mol. The molecule has 1 heterocycles. The monoisotopic (exact) mass is 256 g/mol. The summed E-state index contributed by atoms with van der Waals surface area (Å²) in [5.41, 5.74) is 1.93. The number of rotatable bonds is 2. The van der Waals surface area contributed by atoms with Crippen molar-refractivity contribution < 1.29 is 14.4 Å². The Morgan fingerprint density at radius 2 is 2.16 bits per heavy atom. The van der Waals surface area contributed by atoms with Gasteiger partial charge in [-0.25, -0.2) is 0 Å². The van der Waals surface area contributed by atoms with Crippen LogP contribution in [0.2, 0.25) is 0 Å². The first-order chi connectivity index (χ1) is 9.19. The zero-order valence-corrected chi connectivity index (χ0v) is 10.3. The number of benzene rings is 1. The molecule has 0 atom stereocenters. The van der Waals surface area contributed by atoms with Gasteiger partial charge >= 0.3 is 0 Å². The molecule has 0 spiro atoms. The van der Waals surface area contributed by atoms with Crippen molar-refractivity contribution in [2.45, 2.75) is 6.92 Å². The highest BCUT2D eigenvalue weighted by Crippen LogP contribution is 2.11. The van der Waals surface area contributed by atoms with Crippen molar-refractivity contribution in [1.29, 1.82) is 0 Å². The van der Waals surface area contributed by atoms with Gasteiger partial charge in [0.15, 0.2) is 0 Å². The van der Waals surface area contributed by atoms with Crippen LogP contribution < -0.4 is 5.32 Å². The summed E-state index contributed by atoms with van der Waals surface area (Å²) in [7, 11) is 0. The summed E-state index contributed by atoms with van der Waals surface area (Å²) in [4.78, 5) is 11.9. The van der Waals surface area contributed by atoms with Gasteiger partial charge in [-0.2, -0.15) is 0 Å². The number of aliphatic hydroxyl groups is 1. The van der Waals surface area contributed by atoms with Gasteiger partial charge in [-0.15, -0.1) is 0 Å².